The van der Waals surface area contributed by atoms with Gasteiger partial charge in [-0.25, -0.2) is 9.59 Å². The number of nitrogens with zero attached hydrogens (tertiary/aromatic N) is 1. The van der Waals surface area contributed by atoms with E-state index in [2.05, 4.69) is 5.32 Å². The minimum Gasteiger partial charge on any atom is -0.493 e. The van der Waals surface area contributed by atoms with Gasteiger partial charge in [0.15, 0.2) is 5.78 Å². The van der Waals surface area contributed by atoms with Crippen LogP contribution in [0.5, 0.6) is 5.75 Å². The van der Waals surface area contributed by atoms with Gasteiger partial charge in [0, 0.05) is 36.3 Å². The number of ketones is 1. The number of ether oxygens (including phenoxy) is 2. The van der Waals surface area contributed by atoms with Crippen LogP contribution in [0.2, 0.25) is 0 Å². The van der Waals surface area contributed by atoms with Crippen LogP contribution in [-0.2, 0) is 27.4 Å². The molecule has 4 aromatic carbocycles. The Kier molecular flexibility index (Phi) is 11.3. The Morgan fingerprint density at radius 2 is 1.73 bits per heavy atom. The lowest BCUT2D eigenvalue weighted by atomic mass is 9.91. The molecule has 4 N–H and O–H groups in total. The molecule has 10 heteroatoms. The van der Waals surface area contributed by atoms with Crippen LogP contribution < -0.4 is 20.7 Å². The minimum atomic E-state index is -1.49. The summed E-state index contributed by atoms with van der Waals surface area (Å²) in [5.74, 6) is -0.968. The molecule has 1 aliphatic heterocycles. The first-order chi connectivity index (χ1) is 23.6. The lowest BCUT2D eigenvalue weighted by Crippen LogP contribution is -2.42. The summed E-state index contributed by atoms with van der Waals surface area (Å²) in [5.41, 5.74) is 13.1. The molecular weight excluding hydrogens is 622 g/mol. The number of benzene rings is 4. The fraction of sp³-hybridized carbons (Fsp3) is 0.282. The highest BCUT2D eigenvalue weighted by Gasteiger charge is 2.26. The molecule has 0 spiro atoms. The summed E-state index contributed by atoms with van der Waals surface area (Å²) in [6.45, 7) is 5.08. The molecule has 254 valence electrons. The van der Waals surface area contributed by atoms with Gasteiger partial charge in [0.05, 0.1) is 6.61 Å². The molecule has 0 radical (unpaired) electrons. The molecule has 1 heterocycles. The lowest BCUT2D eigenvalue weighted by Gasteiger charge is -2.31. The standard InChI is InChI=1S/C39H41N3O7/c1-25-10-5-18-36(26(25)2)48-21-9-19-37(44)42-20-8-15-30-29(14-7-17-34(30)42)28-12-6-11-27(22-28)24-49-39(47)41-33(38(45)46)23-35(43)31-13-3-4-16-32(31)40/h3-7,10-14,16-18,22,33H,8-9,15,19-21,23-24,40H2,1-2H3,(H,41,47)(H,45,46). The van der Waals surface area contributed by atoms with Crippen molar-refractivity contribution < 1.29 is 33.8 Å². The highest BCUT2D eigenvalue weighted by atomic mass is 16.5. The number of para-hydroxylation sites is 1. The number of carboxylic acid groups (broad SMARTS) is 1. The molecular formula is C39H41N3O7. The second-order valence-electron chi connectivity index (χ2n) is 12.1. The van der Waals surface area contributed by atoms with E-state index in [1.165, 1.54) is 11.6 Å². The molecule has 1 atom stereocenters. The number of aryl methyl sites for hydroxylation is 1. The van der Waals surface area contributed by atoms with Gasteiger partial charge in [-0.05, 0) is 96.8 Å². The summed E-state index contributed by atoms with van der Waals surface area (Å²) in [6.07, 6.45) is 1.20. The second-order valence-corrected chi connectivity index (χ2v) is 12.1. The van der Waals surface area contributed by atoms with Gasteiger partial charge < -0.3 is 30.5 Å². The van der Waals surface area contributed by atoms with Crippen molar-refractivity contribution in [2.24, 2.45) is 0 Å². The smallest absolute Gasteiger partial charge is 0.408 e. The van der Waals surface area contributed by atoms with Crippen molar-refractivity contribution in [2.45, 2.75) is 58.6 Å². The van der Waals surface area contributed by atoms with Crippen molar-refractivity contribution in [3.05, 3.63) is 113 Å². The van der Waals surface area contributed by atoms with Gasteiger partial charge in [-0.15, -0.1) is 0 Å². The quantitative estimate of drug-likeness (QED) is 0.0819. The fourth-order valence-corrected chi connectivity index (χ4v) is 5.98. The average molecular weight is 664 g/mol. The second kappa shape index (κ2) is 16.0. The summed E-state index contributed by atoms with van der Waals surface area (Å²) in [5, 5.41) is 11.9. The van der Waals surface area contributed by atoms with E-state index < -0.39 is 30.3 Å². The summed E-state index contributed by atoms with van der Waals surface area (Å²) in [6, 6.07) is 24.3. The zero-order valence-electron chi connectivity index (χ0n) is 27.7. The summed E-state index contributed by atoms with van der Waals surface area (Å²) in [7, 11) is 0. The molecule has 2 amide bonds. The van der Waals surface area contributed by atoms with Gasteiger partial charge in [-0.2, -0.15) is 0 Å². The summed E-state index contributed by atoms with van der Waals surface area (Å²) >= 11 is 0. The van der Waals surface area contributed by atoms with Gasteiger partial charge in [0.2, 0.25) is 5.91 Å². The molecule has 1 unspecified atom stereocenters. The number of amides is 2. The topological polar surface area (TPSA) is 148 Å². The predicted molar refractivity (Wildman–Crippen MR) is 188 cm³/mol. The highest BCUT2D eigenvalue weighted by molar-refractivity contribution is 6.03. The molecule has 5 rings (SSSR count). The SMILES string of the molecule is Cc1cccc(OCCCC(=O)N2CCCc3c(-c4cccc(COC(=O)NC(CC(=O)c5ccccc5N)C(=O)O)c4)cccc32)c1C. The maximum Gasteiger partial charge on any atom is 0.408 e. The van der Waals surface area contributed by atoms with E-state index in [1.807, 2.05) is 73.3 Å². The number of rotatable bonds is 13. The van der Waals surface area contributed by atoms with E-state index in [0.29, 0.717) is 31.6 Å². The summed E-state index contributed by atoms with van der Waals surface area (Å²) in [4.78, 5) is 52.3. The van der Waals surface area contributed by atoms with Gasteiger partial charge in [-0.3, -0.25) is 9.59 Å². The molecule has 0 bridgehead atoms. The molecule has 0 saturated carbocycles. The fourth-order valence-electron chi connectivity index (χ4n) is 5.98. The van der Waals surface area contributed by atoms with Crippen LogP contribution in [0.15, 0.2) is 84.9 Å². The zero-order valence-corrected chi connectivity index (χ0v) is 27.7. The number of alkyl carbamates (subject to hydrolysis) is 1. The van der Waals surface area contributed by atoms with Crippen LogP contribution in [-0.4, -0.2) is 48.1 Å². The van der Waals surface area contributed by atoms with E-state index in [1.54, 1.807) is 24.3 Å². The van der Waals surface area contributed by atoms with E-state index in [4.69, 9.17) is 15.2 Å². The number of carboxylic acids is 1. The Morgan fingerprint density at radius 3 is 2.53 bits per heavy atom. The van der Waals surface area contributed by atoms with E-state index >= 15 is 0 Å². The first kappa shape index (κ1) is 34.7. The predicted octanol–water partition coefficient (Wildman–Crippen LogP) is 6.64. The Bertz CT molecular complexity index is 1850. The monoisotopic (exact) mass is 663 g/mol. The van der Waals surface area contributed by atoms with Crippen LogP contribution in [0.25, 0.3) is 11.1 Å². The molecule has 0 saturated heterocycles. The van der Waals surface area contributed by atoms with E-state index in [9.17, 15) is 24.3 Å². The third kappa shape index (κ3) is 8.64. The maximum atomic E-state index is 13.4. The molecule has 0 fully saturated rings. The van der Waals surface area contributed by atoms with Crippen LogP contribution in [0.1, 0.15) is 58.3 Å². The number of fused-ring (bicyclic) bond motifs is 1. The van der Waals surface area contributed by atoms with Crippen LogP contribution in [0, 0.1) is 13.8 Å². The Morgan fingerprint density at radius 1 is 0.959 bits per heavy atom. The van der Waals surface area contributed by atoms with E-state index in [0.717, 1.165) is 46.5 Å². The average Bonchev–Trinajstić information content (AvgIpc) is 3.10. The van der Waals surface area contributed by atoms with Gasteiger partial charge in [-0.1, -0.05) is 54.6 Å². The van der Waals surface area contributed by atoms with Crippen molar-refractivity contribution in [3.8, 4) is 16.9 Å². The highest BCUT2D eigenvalue weighted by Crippen LogP contribution is 2.36. The number of hydrogen-bond acceptors (Lipinski definition) is 7. The number of nitrogen functional groups attached to an aromatic ring is 1. The number of Topliss-reactive ketones (excluding diaryl/α,β-unsaturated/α-hetero) is 1. The first-order valence-electron chi connectivity index (χ1n) is 16.4. The Balaban J connectivity index is 1.19. The van der Waals surface area contributed by atoms with Gasteiger partial charge in [0.25, 0.3) is 0 Å². The molecule has 49 heavy (non-hydrogen) atoms. The molecule has 0 aromatic heterocycles. The van der Waals surface area contributed by atoms with Gasteiger partial charge in [0.1, 0.15) is 18.4 Å². The van der Waals surface area contributed by atoms with Crippen molar-refractivity contribution >= 4 is 35.1 Å². The normalized spacial score (nSPS) is 12.8. The van der Waals surface area contributed by atoms with Crippen molar-refractivity contribution in [3.63, 3.8) is 0 Å². The number of carbonyl (C=O) groups excluding carboxylic acids is 3. The van der Waals surface area contributed by atoms with E-state index in [-0.39, 0.29) is 23.8 Å². The van der Waals surface area contributed by atoms with Crippen molar-refractivity contribution in [1.29, 1.82) is 0 Å². The molecule has 4 aromatic rings. The zero-order chi connectivity index (χ0) is 34.9. The van der Waals surface area contributed by atoms with Gasteiger partial charge >= 0.3 is 12.1 Å². The molecule has 10 nitrogen and oxygen atoms in total. The number of aliphatic carboxylic acids is 1. The number of nitrogens with two attached hydrogens (primary N) is 1. The first-order valence-corrected chi connectivity index (χ1v) is 16.4. The number of anilines is 2. The molecule has 1 aliphatic rings. The summed E-state index contributed by atoms with van der Waals surface area (Å²) < 4.78 is 11.3. The minimum absolute atomic E-state index is 0.0597. The third-order valence-corrected chi connectivity index (χ3v) is 8.75. The lowest BCUT2D eigenvalue weighted by molar-refractivity contribution is -0.139. The van der Waals surface area contributed by atoms with Crippen molar-refractivity contribution in [1.82, 2.24) is 5.32 Å². The van der Waals surface area contributed by atoms with Crippen LogP contribution in [0.4, 0.5) is 16.2 Å². The third-order valence-electron chi connectivity index (χ3n) is 8.75. The largest absolute Gasteiger partial charge is 0.493 e. The molecule has 0 aliphatic carbocycles. The van der Waals surface area contributed by atoms with Crippen molar-refractivity contribution in [2.75, 3.05) is 23.8 Å². The number of carbonyl (C=O) groups is 4. The van der Waals surface area contributed by atoms with Crippen LogP contribution in [0.3, 0.4) is 0 Å². The van der Waals surface area contributed by atoms with Crippen LogP contribution >= 0.6 is 0 Å². The Hall–Kier alpha value is -5.64. The maximum absolute atomic E-state index is 13.4. The number of hydrogen-bond donors (Lipinski definition) is 3. The Labute approximate surface area is 285 Å². The number of nitrogens with one attached hydrogen (secondary N) is 1.